The van der Waals surface area contributed by atoms with Crippen LogP contribution in [0.4, 0.5) is 5.69 Å². The summed E-state index contributed by atoms with van der Waals surface area (Å²) in [6, 6.07) is 5.27. The molecule has 1 atom stereocenters. The molecule has 136 valence electrons. The van der Waals surface area contributed by atoms with Crippen LogP contribution in [0, 0.1) is 0 Å². The molecule has 0 spiro atoms. The number of aromatic amines is 2. The van der Waals surface area contributed by atoms with Crippen molar-refractivity contribution >= 4 is 34.4 Å². The van der Waals surface area contributed by atoms with Crippen LogP contribution in [0.1, 0.15) is 32.0 Å². The van der Waals surface area contributed by atoms with Crippen molar-refractivity contribution in [2.24, 2.45) is 0 Å². The number of rotatable bonds is 4. The van der Waals surface area contributed by atoms with Crippen molar-refractivity contribution in [3.8, 4) is 0 Å². The molecular formula is C17H20N6O2S. The zero-order chi connectivity index (χ0) is 18.1. The monoisotopic (exact) mass is 372 g/mol. The Hall–Kier alpha value is -2.55. The quantitative estimate of drug-likeness (QED) is 0.609. The summed E-state index contributed by atoms with van der Waals surface area (Å²) < 4.78 is 2.14. The maximum atomic E-state index is 12.5. The third-order valence-electron chi connectivity index (χ3n) is 4.51. The minimum atomic E-state index is -0.312. The highest BCUT2D eigenvalue weighted by Gasteiger charge is 2.21. The highest BCUT2D eigenvalue weighted by Crippen LogP contribution is 2.26. The fourth-order valence-corrected chi connectivity index (χ4v) is 4.01. The third-order valence-corrected chi connectivity index (χ3v) is 5.59. The Labute approximate surface area is 153 Å². The number of benzene rings is 1. The van der Waals surface area contributed by atoms with Gasteiger partial charge in [0, 0.05) is 18.7 Å². The van der Waals surface area contributed by atoms with Crippen LogP contribution in [0.3, 0.4) is 0 Å². The molecule has 3 heterocycles. The lowest BCUT2D eigenvalue weighted by Gasteiger charge is -2.12. The first kappa shape index (κ1) is 16.9. The molecule has 3 aromatic rings. The van der Waals surface area contributed by atoms with E-state index in [9.17, 15) is 9.59 Å². The van der Waals surface area contributed by atoms with E-state index in [-0.39, 0.29) is 16.8 Å². The van der Waals surface area contributed by atoms with Crippen molar-refractivity contribution in [3.63, 3.8) is 0 Å². The molecule has 0 unspecified atom stereocenters. The number of imidazole rings is 1. The fraction of sp³-hybridized carbons (Fsp3) is 0.412. The summed E-state index contributed by atoms with van der Waals surface area (Å²) in [6.45, 7) is 2.77. The molecule has 1 aliphatic rings. The Morgan fingerprint density at radius 3 is 2.96 bits per heavy atom. The predicted octanol–water partition coefficient (Wildman–Crippen LogP) is 2.29. The minimum absolute atomic E-state index is 0.113. The lowest BCUT2D eigenvalue weighted by molar-refractivity contribution is -0.115. The smallest absolute Gasteiger partial charge is 0.323 e. The standard InChI is InChI=1S/C17H20N6O2S/c1-10(26-17-22-21-14-5-3-2-4-8-23(14)17)15(24)18-11-6-7-12-13(9-11)20-16(25)19-12/h6-7,9-10H,2-5,8H2,1H3,(H,18,24)(H2,19,20,25)/t10-/m1/s1. The first-order valence-corrected chi connectivity index (χ1v) is 9.60. The second-order valence-corrected chi connectivity index (χ2v) is 7.76. The number of H-pyrrole nitrogens is 2. The van der Waals surface area contributed by atoms with Crippen LogP contribution in [0.25, 0.3) is 11.0 Å². The lowest BCUT2D eigenvalue weighted by Crippen LogP contribution is -2.23. The second kappa shape index (κ2) is 6.99. The number of amides is 1. The van der Waals surface area contributed by atoms with Crippen LogP contribution in [0.2, 0.25) is 0 Å². The molecule has 26 heavy (non-hydrogen) atoms. The first-order valence-electron chi connectivity index (χ1n) is 8.72. The van der Waals surface area contributed by atoms with Gasteiger partial charge in [0.1, 0.15) is 5.82 Å². The third kappa shape index (κ3) is 3.39. The van der Waals surface area contributed by atoms with E-state index in [1.54, 1.807) is 18.2 Å². The minimum Gasteiger partial charge on any atom is -0.325 e. The highest BCUT2D eigenvalue weighted by atomic mass is 32.2. The Bertz CT molecular complexity index is 1000. The molecule has 8 nitrogen and oxygen atoms in total. The van der Waals surface area contributed by atoms with Gasteiger partial charge in [0.25, 0.3) is 0 Å². The molecule has 0 saturated heterocycles. The molecule has 0 radical (unpaired) electrons. The molecule has 1 aromatic carbocycles. The Morgan fingerprint density at radius 2 is 2.08 bits per heavy atom. The average molecular weight is 372 g/mol. The molecular weight excluding hydrogens is 352 g/mol. The maximum absolute atomic E-state index is 12.5. The number of aryl methyl sites for hydroxylation is 1. The molecule has 1 amide bonds. The highest BCUT2D eigenvalue weighted by molar-refractivity contribution is 8.00. The molecule has 3 N–H and O–H groups in total. The Balaban J connectivity index is 1.45. The number of aromatic nitrogens is 5. The van der Waals surface area contributed by atoms with Gasteiger partial charge in [0.15, 0.2) is 5.16 Å². The molecule has 0 fully saturated rings. The largest absolute Gasteiger partial charge is 0.325 e. The van der Waals surface area contributed by atoms with Crippen LogP contribution in [-0.4, -0.2) is 35.9 Å². The van der Waals surface area contributed by atoms with Gasteiger partial charge >= 0.3 is 5.69 Å². The molecule has 0 aliphatic carbocycles. The van der Waals surface area contributed by atoms with Gasteiger partial charge in [-0.3, -0.25) is 4.79 Å². The van der Waals surface area contributed by atoms with Crippen molar-refractivity contribution in [1.82, 2.24) is 24.7 Å². The zero-order valence-electron chi connectivity index (χ0n) is 14.4. The SMILES string of the molecule is C[C@@H](Sc1nnc2n1CCCCC2)C(=O)Nc1ccc2[nH]c(=O)[nH]c2c1. The molecule has 9 heteroatoms. The number of fused-ring (bicyclic) bond motifs is 2. The number of hydrogen-bond donors (Lipinski definition) is 3. The number of nitrogens with zero attached hydrogens (tertiary/aromatic N) is 3. The summed E-state index contributed by atoms with van der Waals surface area (Å²) in [5.41, 5.74) is 1.75. The van der Waals surface area contributed by atoms with Gasteiger partial charge in [-0.2, -0.15) is 0 Å². The van der Waals surface area contributed by atoms with Crippen LogP contribution in [0.5, 0.6) is 0 Å². The van der Waals surface area contributed by atoms with Crippen molar-refractivity contribution in [1.29, 1.82) is 0 Å². The van der Waals surface area contributed by atoms with E-state index in [4.69, 9.17) is 0 Å². The van der Waals surface area contributed by atoms with E-state index in [2.05, 4.69) is 30.0 Å². The topological polar surface area (TPSA) is 108 Å². The summed E-state index contributed by atoms with van der Waals surface area (Å²) in [6.07, 6.45) is 4.41. The molecule has 0 saturated carbocycles. The van der Waals surface area contributed by atoms with E-state index in [1.807, 2.05) is 6.92 Å². The molecule has 1 aliphatic heterocycles. The van der Waals surface area contributed by atoms with Gasteiger partial charge in [-0.15, -0.1) is 10.2 Å². The maximum Gasteiger partial charge on any atom is 0.323 e. The summed E-state index contributed by atoms with van der Waals surface area (Å²) in [4.78, 5) is 29.2. The van der Waals surface area contributed by atoms with Crippen LogP contribution in [0.15, 0.2) is 28.2 Å². The van der Waals surface area contributed by atoms with Crippen molar-refractivity contribution < 1.29 is 4.79 Å². The summed E-state index contributed by atoms with van der Waals surface area (Å²) >= 11 is 1.42. The van der Waals surface area contributed by atoms with Crippen LogP contribution in [-0.2, 0) is 17.8 Å². The Morgan fingerprint density at radius 1 is 1.23 bits per heavy atom. The van der Waals surface area contributed by atoms with E-state index in [0.717, 1.165) is 36.8 Å². The number of thioether (sulfide) groups is 1. The molecule has 4 rings (SSSR count). The van der Waals surface area contributed by atoms with Gasteiger partial charge < -0.3 is 19.9 Å². The van der Waals surface area contributed by atoms with Crippen LogP contribution < -0.4 is 11.0 Å². The van der Waals surface area contributed by atoms with Gasteiger partial charge in [-0.25, -0.2) is 4.79 Å². The van der Waals surface area contributed by atoms with Gasteiger partial charge in [0.2, 0.25) is 5.91 Å². The zero-order valence-corrected chi connectivity index (χ0v) is 15.2. The predicted molar refractivity (Wildman–Crippen MR) is 100 cm³/mol. The average Bonchev–Trinajstić information content (AvgIpc) is 3.07. The Kier molecular flexibility index (Phi) is 4.54. The summed E-state index contributed by atoms with van der Waals surface area (Å²) in [5, 5.41) is 11.9. The fourth-order valence-electron chi connectivity index (χ4n) is 3.11. The normalized spacial score (nSPS) is 15.4. The summed E-state index contributed by atoms with van der Waals surface area (Å²) in [7, 11) is 0. The van der Waals surface area contributed by atoms with Crippen LogP contribution >= 0.6 is 11.8 Å². The first-order chi connectivity index (χ1) is 12.6. The van der Waals surface area contributed by atoms with Crippen molar-refractivity contribution in [2.45, 2.75) is 49.6 Å². The van der Waals surface area contributed by atoms with E-state index in [0.29, 0.717) is 16.7 Å². The van der Waals surface area contributed by atoms with Gasteiger partial charge in [-0.05, 0) is 38.0 Å². The second-order valence-electron chi connectivity index (χ2n) is 6.45. The van der Waals surface area contributed by atoms with Gasteiger partial charge in [-0.1, -0.05) is 18.2 Å². The van der Waals surface area contributed by atoms with E-state index >= 15 is 0 Å². The number of carbonyl (C=O) groups excluding carboxylic acids is 1. The van der Waals surface area contributed by atoms with Crippen molar-refractivity contribution in [3.05, 3.63) is 34.5 Å². The number of carbonyl (C=O) groups is 1. The van der Waals surface area contributed by atoms with E-state index < -0.39 is 0 Å². The molecule has 2 aromatic heterocycles. The number of nitrogens with one attached hydrogen (secondary N) is 3. The molecule has 0 bridgehead atoms. The number of anilines is 1. The lowest BCUT2D eigenvalue weighted by atomic mass is 10.2. The van der Waals surface area contributed by atoms with E-state index in [1.165, 1.54) is 18.2 Å². The number of hydrogen-bond acceptors (Lipinski definition) is 5. The van der Waals surface area contributed by atoms with Gasteiger partial charge in [0.05, 0.1) is 16.3 Å². The summed E-state index contributed by atoms with van der Waals surface area (Å²) in [5.74, 6) is 0.901. The van der Waals surface area contributed by atoms with Crippen molar-refractivity contribution in [2.75, 3.05) is 5.32 Å².